The zero-order valence-corrected chi connectivity index (χ0v) is 13.4. The first-order valence-corrected chi connectivity index (χ1v) is 8.58. The van der Waals surface area contributed by atoms with Gasteiger partial charge in [0.1, 0.15) is 0 Å². The SMILES string of the molecule is Cn1c(SCc2nc(-c3cccs3)no2)nc2ccccc21. The van der Waals surface area contributed by atoms with E-state index >= 15 is 0 Å². The van der Waals surface area contributed by atoms with Crippen molar-refractivity contribution in [2.45, 2.75) is 10.9 Å². The van der Waals surface area contributed by atoms with Gasteiger partial charge in [-0.15, -0.1) is 11.3 Å². The maximum absolute atomic E-state index is 5.31. The summed E-state index contributed by atoms with van der Waals surface area (Å²) in [4.78, 5) is 10.1. The van der Waals surface area contributed by atoms with Crippen LogP contribution in [0, 0.1) is 0 Å². The number of para-hydroxylation sites is 2. The molecule has 0 radical (unpaired) electrons. The van der Waals surface area contributed by atoms with Crippen LogP contribution >= 0.6 is 23.1 Å². The molecule has 0 N–H and O–H groups in total. The number of benzene rings is 1. The van der Waals surface area contributed by atoms with E-state index in [-0.39, 0.29) is 0 Å². The third-order valence-electron chi connectivity index (χ3n) is 3.28. The van der Waals surface area contributed by atoms with Crippen molar-refractivity contribution in [3.8, 4) is 10.7 Å². The Kier molecular flexibility index (Phi) is 3.44. The van der Waals surface area contributed by atoms with Crippen LogP contribution in [-0.4, -0.2) is 19.7 Å². The fourth-order valence-electron chi connectivity index (χ4n) is 2.20. The largest absolute Gasteiger partial charge is 0.338 e. The fraction of sp³-hybridized carbons (Fsp3) is 0.133. The summed E-state index contributed by atoms with van der Waals surface area (Å²) in [5.74, 6) is 1.87. The Balaban J connectivity index is 1.53. The molecule has 110 valence electrons. The molecule has 4 rings (SSSR count). The maximum Gasteiger partial charge on any atom is 0.237 e. The van der Waals surface area contributed by atoms with Crippen LogP contribution < -0.4 is 0 Å². The molecule has 3 heterocycles. The first kappa shape index (κ1) is 13.5. The maximum atomic E-state index is 5.31. The standard InChI is InChI=1S/C15H12N4OS2/c1-19-11-6-3-2-5-10(11)16-15(19)22-9-13-17-14(18-20-13)12-7-4-8-21-12/h2-8H,9H2,1H3. The Bertz CT molecular complexity index is 911. The van der Waals surface area contributed by atoms with E-state index < -0.39 is 0 Å². The molecule has 0 aliphatic carbocycles. The average Bonchev–Trinajstić information content (AvgIpc) is 3.26. The second-order valence-corrected chi connectivity index (χ2v) is 6.61. The van der Waals surface area contributed by atoms with Crippen molar-refractivity contribution in [2.75, 3.05) is 0 Å². The summed E-state index contributed by atoms with van der Waals surface area (Å²) in [7, 11) is 2.02. The normalized spacial score (nSPS) is 11.3. The van der Waals surface area contributed by atoms with E-state index in [1.54, 1.807) is 23.1 Å². The minimum absolute atomic E-state index is 0.607. The summed E-state index contributed by atoms with van der Waals surface area (Å²) in [6, 6.07) is 12.1. The number of thioether (sulfide) groups is 1. The number of nitrogens with zero attached hydrogens (tertiary/aromatic N) is 4. The molecule has 0 atom stereocenters. The number of hydrogen-bond acceptors (Lipinski definition) is 6. The molecule has 7 heteroatoms. The quantitative estimate of drug-likeness (QED) is 0.530. The van der Waals surface area contributed by atoms with Crippen LogP contribution in [-0.2, 0) is 12.8 Å². The van der Waals surface area contributed by atoms with Gasteiger partial charge in [0.2, 0.25) is 11.7 Å². The molecule has 0 saturated heterocycles. The lowest BCUT2D eigenvalue weighted by molar-refractivity contribution is 0.391. The Morgan fingerprint density at radius 3 is 2.91 bits per heavy atom. The van der Waals surface area contributed by atoms with Gasteiger partial charge in [0, 0.05) is 7.05 Å². The summed E-state index contributed by atoms with van der Waals surface area (Å²) in [6.07, 6.45) is 0. The van der Waals surface area contributed by atoms with Crippen molar-refractivity contribution < 1.29 is 4.52 Å². The van der Waals surface area contributed by atoms with Crippen molar-refractivity contribution >= 4 is 34.1 Å². The van der Waals surface area contributed by atoms with Crippen LogP contribution in [0.1, 0.15) is 5.89 Å². The Morgan fingerprint density at radius 2 is 2.09 bits per heavy atom. The molecule has 3 aromatic heterocycles. The molecule has 0 saturated carbocycles. The van der Waals surface area contributed by atoms with Gasteiger partial charge < -0.3 is 9.09 Å². The van der Waals surface area contributed by atoms with Crippen LogP contribution in [0.5, 0.6) is 0 Å². The van der Waals surface area contributed by atoms with Crippen molar-refractivity contribution in [1.82, 2.24) is 19.7 Å². The second kappa shape index (κ2) is 5.58. The number of hydrogen-bond donors (Lipinski definition) is 0. The average molecular weight is 328 g/mol. The lowest BCUT2D eigenvalue weighted by Gasteiger charge is -1.99. The topological polar surface area (TPSA) is 56.7 Å². The molecule has 4 aromatic rings. The summed E-state index contributed by atoms with van der Waals surface area (Å²) in [6.45, 7) is 0. The van der Waals surface area contributed by atoms with Crippen LogP contribution in [0.3, 0.4) is 0 Å². The van der Waals surface area contributed by atoms with Gasteiger partial charge in [0.25, 0.3) is 0 Å². The molecule has 0 spiro atoms. The van der Waals surface area contributed by atoms with E-state index in [1.807, 2.05) is 42.8 Å². The monoisotopic (exact) mass is 328 g/mol. The lowest BCUT2D eigenvalue weighted by Crippen LogP contribution is -1.91. The molecule has 0 aliphatic heterocycles. The number of aryl methyl sites for hydroxylation is 1. The number of imidazole rings is 1. The molecule has 0 fully saturated rings. The van der Waals surface area contributed by atoms with Gasteiger partial charge in [0.15, 0.2) is 5.16 Å². The van der Waals surface area contributed by atoms with Gasteiger partial charge in [0.05, 0.1) is 21.7 Å². The number of thiophene rings is 1. The zero-order chi connectivity index (χ0) is 14.9. The molecule has 0 amide bonds. The van der Waals surface area contributed by atoms with Gasteiger partial charge in [-0.3, -0.25) is 0 Å². The highest BCUT2D eigenvalue weighted by Crippen LogP contribution is 2.27. The predicted molar refractivity (Wildman–Crippen MR) is 87.9 cm³/mol. The first-order valence-electron chi connectivity index (χ1n) is 6.72. The highest BCUT2D eigenvalue weighted by Gasteiger charge is 2.12. The van der Waals surface area contributed by atoms with Gasteiger partial charge >= 0.3 is 0 Å². The summed E-state index contributed by atoms with van der Waals surface area (Å²) >= 11 is 3.20. The third-order valence-corrected chi connectivity index (χ3v) is 5.16. The van der Waals surface area contributed by atoms with Crippen LogP contribution in [0.25, 0.3) is 21.7 Å². The number of fused-ring (bicyclic) bond motifs is 1. The molecule has 1 aromatic carbocycles. The lowest BCUT2D eigenvalue weighted by atomic mass is 10.3. The van der Waals surface area contributed by atoms with Gasteiger partial charge in [-0.25, -0.2) is 4.98 Å². The van der Waals surface area contributed by atoms with Gasteiger partial charge in [-0.05, 0) is 23.6 Å². The second-order valence-electron chi connectivity index (χ2n) is 4.72. The van der Waals surface area contributed by atoms with Crippen LogP contribution in [0.2, 0.25) is 0 Å². The molecule has 0 bridgehead atoms. The minimum Gasteiger partial charge on any atom is -0.338 e. The first-order chi connectivity index (χ1) is 10.8. The third kappa shape index (κ3) is 2.42. The van der Waals surface area contributed by atoms with Gasteiger partial charge in [-0.1, -0.05) is 35.1 Å². The molecular weight excluding hydrogens is 316 g/mol. The smallest absolute Gasteiger partial charge is 0.237 e. The van der Waals surface area contributed by atoms with Crippen molar-refractivity contribution in [2.24, 2.45) is 7.05 Å². The molecule has 22 heavy (non-hydrogen) atoms. The Morgan fingerprint density at radius 1 is 1.18 bits per heavy atom. The minimum atomic E-state index is 0.607. The van der Waals surface area contributed by atoms with E-state index in [2.05, 4.69) is 25.8 Å². The molecule has 0 aliphatic rings. The summed E-state index contributed by atoms with van der Waals surface area (Å²) in [5.41, 5.74) is 2.12. The van der Waals surface area contributed by atoms with Crippen LogP contribution in [0.4, 0.5) is 0 Å². The Labute approximate surface area is 135 Å². The van der Waals surface area contributed by atoms with E-state index in [4.69, 9.17) is 4.52 Å². The molecule has 0 unspecified atom stereocenters. The number of aromatic nitrogens is 4. The van der Waals surface area contributed by atoms with Crippen LogP contribution in [0.15, 0.2) is 51.5 Å². The Hall–Kier alpha value is -2.12. The van der Waals surface area contributed by atoms with Crippen molar-refractivity contribution in [3.63, 3.8) is 0 Å². The van der Waals surface area contributed by atoms with E-state index in [1.165, 1.54) is 0 Å². The highest BCUT2D eigenvalue weighted by atomic mass is 32.2. The molecule has 5 nitrogen and oxygen atoms in total. The van der Waals surface area contributed by atoms with E-state index in [9.17, 15) is 0 Å². The van der Waals surface area contributed by atoms with Gasteiger partial charge in [-0.2, -0.15) is 4.98 Å². The zero-order valence-electron chi connectivity index (χ0n) is 11.8. The van der Waals surface area contributed by atoms with E-state index in [0.717, 1.165) is 21.1 Å². The summed E-state index contributed by atoms with van der Waals surface area (Å²) in [5, 5.41) is 6.96. The fourth-order valence-corrected chi connectivity index (χ4v) is 3.67. The summed E-state index contributed by atoms with van der Waals surface area (Å²) < 4.78 is 7.39. The predicted octanol–water partition coefficient (Wildman–Crippen LogP) is 3.98. The van der Waals surface area contributed by atoms with Crippen molar-refractivity contribution in [3.05, 3.63) is 47.7 Å². The van der Waals surface area contributed by atoms with E-state index in [0.29, 0.717) is 17.5 Å². The highest BCUT2D eigenvalue weighted by molar-refractivity contribution is 7.98. The molecular formula is C15H12N4OS2. The number of rotatable bonds is 4. The van der Waals surface area contributed by atoms with Crippen molar-refractivity contribution in [1.29, 1.82) is 0 Å².